The number of morpholine rings is 1. The molecule has 0 aliphatic carbocycles. The Morgan fingerprint density at radius 3 is 2.44 bits per heavy atom. The number of hydrogen-bond donors (Lipinski definition) is 0. The summed E-state index contributed by atoms with van der Waals surface area (Å²) < 4.78 is 10.9. The number of hydrogen-bond acceptors (Lipinski definition) is 4. The van der Waals surface area contributed by atoms with Gasteiger partial charge in [-0.25, -0.2) is 0 Å². The summed E-state index contributed by atoms with van der Waals surface area (Å²) in [5.41, 5.74) is 1.19. The lowest BCUT2D eigenvalue weighted by Crippen LogP contribution is -2.49. The lowest BCUT2D eigenvalue weighted by molar-refractivity contribution is -0.142. The summed E-state index contributed by atoms with van der Waals surface area (Å²) >= 11 is 0. The maximum atomic E-state index is 13.2. The Kier molecular flexibility index (Phi) is 6.84. The van der Waals surface area contributed by atoms with Gasteiger partial charge in [-0.15, -0.1) is 0 Å². The van der Waals surface area contributed by atoms with Crippen LogP contribution in [0.3, 0.4) is 0 Å². The number of rotatable bonds is 6. The molecule has 5 nitrogen and oxygen atoms in total. The molecule has 2 saturated heterocycles. The minimum Gasteiger partial charge on any atom is -0.381 e. The fraction of sp³-hybridized carbons (Fsp3) is 0.650. The van der Waals surface area contributed by atoms with Gasteiger partial charge in [-0.1, -0.05) is 30.3 Å². The van der Waals surface area contributed by atoms with E-state index in [1.807, 2.05) is 18.2 Å². The first-order chi connectivity index (χ1) is 12.2. The van der Waals surface area contributed by atoms with E-state index < -0.39 is 0 Å². The van der Waals surface area contributed by atoms with E-state index in [0.717, 1.165) is 45.7 Å². The van der Waals surface area contributed by atoms with Crippen molar-refractivity contribution in [1.82, 2.24) is 9.80 Å². The van der Waals surface area contributed by atoms with Crippen molar-refractivity contribution in [3.8, 4) is 0 Å². The Morgan fingerprint density at radius 1 is 1.12 bits per heavy atom. The molecule has 1 amide bonds. The zero-order chi connectivity index (χ0) is 17.5. The van der Waals surface area contributed by atoms with Crippen LogP contribution < -0.4 is 0 Å². The molecule has 0 aromatic heterocycles. The maximum absolute atomic E-state index is 13.2. The third kappa shape index (κ3) is 5.27. The molecule has 0 spiro atoms. The van der Waals surface area contributed by atoms with Gasteiger partial charge in [0, 0.05) is 51.4 Å². The molecule has 0 unspecified atom stereocenters. The Bertz CT molecular complexity index is 525. The van der Waals surface area contributed by atoms with E-state index in [4.69, 9.17) is 9.47 Å². The van der Waals surface area contributed by atoms with Crippen LogP contribution in [0.2, 0.25) is 0 Å². The van der Waals surface area contributed by atoms with Gasteiger partial charge in [-0.05, 0) is 25.3 Å². The van der Waals surface area contributed by atoms with Gasteiger partial charge in [0.05, 0.1) is 13.2 Å². The van der Waals surface area contributed by atoms with Crippen molar-refractivity contribution in [1.29, 1.82) is 0 Å². The van der Waals surface area contributed by atoms with Crippen molar-refractivity contribution < 1.29 is 14.3 Å². The highest BCUT2D eigenvalue weighted by atomic mass is 16.5. The van der Waals surface area contributed by atoms with Crippen molar-refractivity contribution >= 4 is 5.91 Å². The molecule has 2 aliphatic heterocycles. The normalized spacial score (nSPS) is 21.0. The smallest absolute Gasteiger partial charge is 0.226 e. The molecule has 3 rings (SSSR count). The summed E-state index contributed by atoms with van der Waals surface area (Å²) in [7, 11) is 0. The van der Waals surface area contributed by atoms with Crippen LogP contribution in [-0.4, -0.2) is 67.8 Å². The standard InChI is InChI=1S/C20H30N2O3/c1-17(15-21-9-13-25-14-10-21)22(16-18-5-3-2-4-6-18)20(23)19-7-11-24-12-8-19/h2-6,17,19H,7-16H2,1H3/t17-/m0/s1. The van der Waals surface area contributed by atoms with Gasteiger partial charge in [0.25, 0.3) is 0 Å². The highest BCUT2D eigenvalue weighted by molar-refractivity contribution is 5.79. The summed E-state index contributed by atoms with van der Waals surface area (Å²) in [5.74, 6) is 0.387. The first-order valence-corrected chi connectivity index (χ1v) is 9.46. The molecule has 2 heterocycles. The second kappa shape index (κ2) is 9.32. The van der Waals surface area contributed by atoms with E-state index in [1.54, 1.807) is 0 Å². The fourth-order valence-electron chi connectivity index (χ4n) is 3.67. The molecule has 0 N–H and O–H groups in total. The van der Waals surface area contributed by atoms with E-state index in [1.165, 1.54) is 5.56 Å². The third-order valence-electron chi connectivity index (χ3n) is 5.21. The highest BCUT2D eigenvalue weighted by Gasteiger charge is 2.30. The van der Waals surface area contributed by atoms with Crippen LogP contribution in [-0.2, 0) is 20.8 Å². The fourth-order valence-corrected chi connectivity index (χ4v) is 3.67. The number of carbonyl (C=O) groups is 1. The summed E-state index contributed by atoms with van der Waals surface area (Å²) in [4.78, 5) is 17.7. The summed E-state index contributed by atoms with van der Waals surface area (Å²) in [5, 5.41) is 0. The van der Waals surface area contributed by atoms with E-state index in [2.05, 4.69) is 28.9 Å². The molecule has 5 heteroatoms. The van der Waals surface area contributed by atoms with E-state index >= 15 is 0 Å². The minimum atomic E-state index is 0.101. The highest BCUT2D eigenvalue weighted by Crippen LogP contribution is 2.21. The average Bonchev–Trinajstić information content (AvgIpc) is 2.68. The van der Waals surface area contributed by atoms with Crippen LogP contribution in [0.1, 0.15) is 25.3 Å². The van der Waals surface area contributed by atoms with Gasteiger partial charge in [0.1, 0.15) is 0 Å². The largest absolute Gasteiger partial charge is 0.381 e. The quantitative estimate of drug-likeness (QED) is 0.792. The molecule has 0 bridgehead atoms. The van der Waals surface area contributed by atoms with E-state index in [-0.39, 0.29) is 17.9 Å². The SMILES string of the molecule is C[C@@H](CN1CCOCC1)N(Cc1ccccc1)C(=O)C1CCOCC1. The molecule has 0 radical (unpaired) electrons. The number of ether oxygens (including phenoxy) is 2. The minimum absolute atomic E-state index is 0.101. The van der Waals surface area contributed by atoms with Gasteiger partial charge < -0.3 is 14.4 Å². The van der Waals surface area contributed by atoms with Crippen LogP contribution in [0.25, 0.3) is 0 Å². The van der Waals surface area contributed by atoms with Crippen LogP contribution in [0.4, 0.5) is 0 Å². The van der Waals surface area contributed by atoms with Crippen molar-refractivity contribution in [3.05, 3.63) is 35.9 Å². The van der Waals surface area contributed by atoms with Gasteiger partial charge in [-0.3, -0.25) is 9.69 Å². The van der Waals surface area contributed by atoms with Gasteiger partial charge in [0.15, 0.2) is 0 Å². The first kappa shape index (κ1) is 18.4. The maximum Gasteiger partial charge on any atom is 0.226 e. The first-order valence-electron chi connectivity index (χ1n) is 9.46. The number of nitrogens with zero attached hydrogens (tertiary/aromatic N) is 2. The average molecular weight is 346 g/mol. The van der Waals surface area contributed by atoms with Crippen molar-refractivity contribution in [3.63, 3.8) is 0 Å². The van der Waals surface area contributed by atoms with Crippen LogP contribution in [0.15, 0.2) is 30.3 Å². The third-order valence-corrected chi connectivity index (χ3v) is 5.21. The van der Waals surface area contributed by atoms with Gasteiger partial charge >= 0.3 is 0 Å². The van der Waals surface area contributed by atoms with Crippen molar-refractivity contribution in [2.45, 2.75) is 32.4 Å². The Hall–Kier alpha value is -1.43. The van der Waals surface area contributed by atoms with E-state index in [9.17, 15) is 4.79 Å². The zero-order valence-electron chi connectivity index (χ0n) is 15.2. The number of benzene rings is 1. The topological polar surface area (TPSA) is 42.0 Å². The summed E-state index contributed by atoms with van der Waals surface area (Å²) in [6.45, 7) is 8.66. The summed E-state index contributed by atoms with van der Waals surface area (Å²) in [6.07, 6.45) is 1.68. The molecule has 25 heavy (non-hydrogen) atoms. The number of amides is 1. The molecule has 2 aliphatic rings. The predicted molar refractivity (Wildman–Crippen MR) is 97.3 cm³/mol. The second-order valence-corrected chi connectivity index (χ2v) is 7.10. The molecule has 0 saturated carbocycles. The van der Waals surface area contributed by atoms with Gasteiger partial charge in [0.2, 0.25) is 5.91 Å². The van der Waals surface area contributed by atoms with Gasteiger partial charge in [-0.2, -0.15) is 0 Å². The molecular weight excluding hydrogens is 316 g/mol. The summed E-state index contributed by atoms with van der Waals surface area (Å²) in [6, 6.07) is 10.5. The molecular formula is C20H30N2O3. The molecule has 1 aromatic carbocycles. The molecule has 1 aromatic rings. The van der Waals surface area contributed by atoms with Crippen molar-refractivity contribution in [2.75, 3.05) is 46.1 Å². The lowest BCUT2D eigenvalue weighted by Gasteiger charge is -2.37. The molecule has 138 valence electrons. The zero-order valence-corrected chi connectivity index (χ0v) is 15.2. The Labute approximate surface area is 150 Å². The molecule has 2 fully saturated rings. The van der Waals surface area contributed by atoms with Crippen LogP contribution in [0, 0.1) is 5.92 Å². The van der Waals surface area contributed by atoms with Crippen molar-refractivity contribution in [2.24, 2.45) is 5.92 Å². The lowest BCUT2D eigenvalue weighted by atomic mass is 9.97. The van der Waals surface area contributed by atoms with Crippen LogP contribution >= 0.6 is 0 Å². The predicted octanol–water partition coefficient (Wildman–Crippen LogP) is 2.16. The monoisotopic (exact) mass is 346 g/mol. The number of carbonyl (C=O) groups excluding carboxylic acids is 1. The Balaban J connectivity index is 1.69. The van der Waals surface area contributed by atoms with E-state index in [0.29, 0.717) is 19.8 Å². The molecule has 1 atom stereocenters. The van der Waals surface area contributed by atoms with Crippen LogP contribution in [0.5, 0.6) is 0 Å². The Morgan fingerprint density at radius 2 is 1.76 bits per heavy atom. The second-order valence-electron chi connectivity index (χ2n) is 7.10.